The number of aliphatic hydroxyl groups is 1. The van der Waals surface area contributed by atoms with Crippen LogP contribution in [0.5, 0.6) is 0 Å². The normalized spacial score (nSPS) is 14.0. The third-order valence-corrected chi connectivity index (χ3v) is 4.21. The first-order valence-electron chi connectivity index (χ1n) is 6.50. The van der Waals surface area contributed by atoms with Gasteiger partial charge in [-0.25, -0.2) is 0 Å². The number of aryl methyl sites for hydroxylation is 2. The van der Waals surface area contributed by atoms with Crippen LogP contribution in [-0.4, -0.2) is 27.3 Å². The van der Waals surface area contributed by atoms with E-state index in [4.69, 9.17) is 0 Å². The molecule has 1 amide bonds. The van der Waals surface area contributed by atoms with Crippen LogP contribution in [0.25, 0.3) is 0 Å². The van der Waals surface area contributed by atoms with Gasteiger partial charge in [-0.05, 0) is 30.4 Å². The van der Waals surface area contributed by atoms with E-state index in [1.807, 2.05) is 18.4 Å². The van der Waals surface area contributed by atoms with Crippen molar-refractivity contribution in [2.45, 2.75) is 25.9 Å². The molecular weight excluding hydrogens is 274 g/mol. The molecule has 0 spiro atoms. The van der Waals surface area contributed by atoms with Gasteiger partial charge in [0.1, 0.15) is 5.60 Å². The van der Waals surface area contributed by atoms with Gasteiger partial charge in [0.05, 0.1) is 17.6 Å². The Morgan fingerprint density at radius 1 is 1.60 bits per heavy atom. The van der Waals surface area contributed by atoms with Gasteiger partial charge in [0.25, 0.3) is 5.91 Å². The molecule has 1 unspecified atom stereocenters. The number of carbonyl (C=O) groups excluding carboxylic acids is 1. The standard InChI is InChI=1S/C14H19N3O2S/c1-4-10-5-6-20-12(10)13(18)15-9-14(2,19)11-7-16-17(3)8-11/h5-8,19H,4,9H2,1-3H3,(H,15,18). The van der Waals surface area contributed by atoms with Gasteiger partial charge in [0.2, 0.25) is 0 Å². The fraction of sp³-hybridized carbons (Fsp3) is 0.429. The zero-order valence-corrected chi connectivity index (χ0v) is 12.7. The van der Waals surface area contributed by atoms with Crippen LogP contribution < -0.4 is 5.32 Å². The Bertz CT molecular complexity index is 601. The number of nitrogens with zero attached hydrogens (tertiary/aromatic N) is 2. The molecule has 2 N–H and O–H groups in total. The first-order chi connectivity index (χ1) is 9.44. The second-order valence-corrected chi connectivity index (χ2v) is 5.90. The van der Waals surface area contributed by atoms with Crippen LogP contribution in [0, 0.1) is 0 Å². The molecule has 108 valence electrons. The van der Waals surface area contributed by atoms with Crippen LogP contribution in [0.3, 0.4) is 0 Å². The van der Waals surface area contributed by atoms with Crippen molar-refractivity contribution in [1.82, 2.24) is 15.1 Å². The molecule has 0 aliphatic rings. The highest BCUT2D eigenvalue weighted by molar-refractivity contribution is 7.12. The van der Waals surface area contributed by atoms with Crippen molar-refractivity contribution in [3.8, 4) is 0 Å². The lowest BCUT2D eigenvalue weighted by Gasteiger charge is -2.22. The number of hydrogen-bond acceptors (Lipinski definition) is 4. The summed E-state index contributed by atoms with van der Waals surface area (Å²) in [6.45, 7) is 3.84. The topological polar surface area (TPSA) is 67.2 Å². The minimum atomic E-state index is -1.13. The van der Waals surface area contributed by atoms with E-state index in [9.17, 15) is 9.90 Å². The number of aromatic nitrogens is 2. The Morgan fingerprint density at radius 3 is 2.95 bits per heavy atom. The molecule has 20 heavy (non-hydrogen) atoms. The molecule has 6 heteroatoms. The molecule has 2 aromatic rings. The lowest BCUT2D eigenvalue weighted by Crippen LogP contribution is -2.38. The number of hydrogen-bond donors (Lipinski definition) is 2. The van der Waals surface area contributed by atoms with Crippen molar-refractivity contribution in [2.24, 2.45) is 7.05 Å². The van der Waals surface area contributed by atoms with Gasteiger partial charge in [0, 0.05) is 18.8 Å². The van der Waals surface area contributed by atoms with Crippen LogP contribution in [0.1, 0.15) is 34.6 Å². The Labute approximate surface area is 122 Å². The maximum atomic E-state index is 12.1. The summed E-state index contributed by atoms with van der Waals surface area (Å²) in [7, 11) is 1.79. The molecule has 1 atom stereocenters. The number of carbonyl (C=O) groups is 1. The quantitative estimate of drug-likeness (QED) is 0.881. The lowest BCUT2D eigenvalue weighted by molar-refractivity contribution is 0.0527. The smallest absolute Gasteiger partial charge is 0.261 e. The fourth-order valence-electron chi connectivity index (χ4n) is 1.95. The third-order valence-electron chi connectivity index (χ3n) is 3.25. The number of thiophene rings is 1. The molecule has 2 aromatic heterocycles. The Morgan fingerprint density at radius 2 is 2.35 bits per heavy atom. The zero-order chi connectivity index (χ0) is 14.8. The zero-order valence-electron chi connectivity index (χ0n) is 11.9. The largest absolute Gasteiger partial charge is 0.383 e. The molecule has 0 saturated heterocycles. The Balaban J connectivity index is 2.03. The van der Waals surface area contributed by atoms with E-state index in [-0.39, 0.29) is 12.5 Å². The minimum Gasteiger partial charge on any atom is -0.383 e. The van der Waals surface area contributed by atoms with Gasteiger partial charge in [-0.3, -0.25) is 9.48 Å². The van der Waals surface area contributed by atoms with E-state index >= 15 is 0 Å². The van der Waals surface area contributed by atoms with Gasteiger partial charge >= 0.3 is 0 Å². The van der Waals surface area contributed by atoms with Gasteiger partial charge in [-0.2, -0.15) is 5.10 Å². The molecule has 0 bridgehead atoms. The molecule has 0 aliphatic carbocycles. The van der Waals surface area contributed by atoms with Crippen molar-refractivity contribution in [2.75, 3.05) is 6.54 Å². The second kappa shape index (κ2) is 5.76. The van der Waals surface area contributed by atoms with E-state index in [0.29, 0.717) is 5.56 Å². The predicted molar refractivity (Wildman–Crippen MR) is 78.8 cm³/mol. The highest BCUT2D eigenvalue weighted by Crippen LogP contribution is 2.20. The molecule has 5 nitrogen and oxygen atoms in total. The van der Waals surface area contributed by atoms with E-state index in [0.717, 1.165) is 16.9 Å². The first kappa shape index (κ1) is 14.7. The van der Waals surface area contributed by atoms with E-state index < -0.39 is 5.60 Å². The lowest BCUT2D eigenvalue weighted by atomic mass is 10.00. The summed E-state index contributed by atoms with van der Waals surface area (Å²) in [5, 5.41) is 19.1. The maximum Gasteiger partial charge on any atom is 0.261 e. The van der Waals surface area contributed by atoms with Crippen molar-refractivity contribution in [1.29, 1.82) is 0 Å². The second-order valence-electron chi connectivity index (χ2n) is 4.99. The summed E-state index contributed by atoms with van der Waals surface area (Å²) in [4.78, 5) is 12.9. The van der Waals surface area contributed by atoms with Crippen molar-refractivity contribution < 1.29 is 9.90 Å². The van der Waals surface area contributed by atoms with Gasteiger partial charge < -0.3 is 10.4 Å². The van der Waals surface area contributed by atoms with E-state index in [1.54, 1.807) is 31.0 Å². The van der Waals surface area contributed by atoms with Gasteiger partial charge in [-0.15, -0.1) is 11.3 Å². The maximum absolute atomic E-state index is 12.1. The van der Waals surface area contributed by atoms with Crippen LogP contribution >= 0.6 is 11.3 Å². The van der Waals surface area contributed by atoms with Crippen molar-refractivity contribution in [3.05, 3.63) is 39.8 Å². The summed E-state index contributed by atoms with van der Waals surface area (Å²) < 4.78 is 1.63. The summed E-state index contributed by atoms with van der Waals surface area (Å²) in [5.74, 6) is -0.138. The molecule has 0 radical (unpaired) electrons. The summed E-state index contributed by atoms with van der Waals surface area (Å²) >= 11 is 1.42. The summed E-state index contributed by atoms with van der Waals surface area (Å²) in [6, 6.07) is 1.96. The average molecular weight is 293 g/mol. The predicted octanol–water partition coefficient (Wildman–Crippen LogP) is 1.68. The van der Waals surface area contributed by atoms with E-state index in [2.05, 4.69) is 10.4 Å². The highest BCUT2D eigenvalue weighted by Gasteiger charge is 2.26. The molecule has 0 fully saturated rings. The number of amides is 1. The van der Waals surface area contributed by atoms with E-state index in [1.165, 1.54) is 11.3 Å². The van der Waals surface area contributed by atoms with Crippen LogP contribution in [0.15, 0.2) is 23.8 Å². The van der Waals surface area contributed by atoms with Crippen molar-refractivity contribution in [3.63, 3.8) is 0 Å². The van der Waals surface area contributed by atoms with Crippen molar-refractivity contribution >= 4 is 17.2 Å². The van der Waals surface area contributed by atoms with Gasteiger partial charge in [-0.1, -0.05) is 6.92 Å². The third kappa shape index (κ3) is 3.08. The molecular formula is C14H19N3O2S. The van der Waals surface area contributed by atoms with Crippen LogP contribution in [0.2, 0.25) is 0 Å². The SMILES string of the molecule is CCc1ccsc1C(=O)NCC(C)(O)c1cnn(C)c1. The molecule has 0 aliphatic heterocycles. The monoisotopic (exact) mass is 293 g/mol. The summed E-state index contributed by atoms with van der Waals surface area (Å²) in [6.07, 6.45) is 4.18. The van der Waals surface area contributed by atoms with Crippen LogP contribution in [-0.2, 0) is 19.1 Å². The average Bonchev–Trinajstić information content (AvgIpc) is 3.04. The fourth-order valence-corrected chi connectivity index (χ4v) is 2.86. The molecule has 2 rings (SSSR count). The van der Waals surface area contributed by atoms with Gasteiger partial charge in [0.15, 0.2) is 0 Å². The molecule has 0 aromatic carbocycles. The Kier molecular flexibility index (Phi) is 4.25. The van der Waals surface area contributed by atoms with Crippen LogP contribution in [0.4, 0.5) is 0 Å². The minimum absolute atomic E-state index is 0.138. The number of nitrogens with one attached hydrogen (secondary N) is 1. The Hall–Kier alpha value is -1.66. The first-order valence-corrected chi connectivity index (χ1v) is 7.38. The number of rotatable bonds is 5. The highest BCUT2D eigenvalue weighted by atomic mass is 32.1. The molecule has 2 heterocycles. The summed E-state index contributed by atoms with van der Waals surface area (Å²) in [5.41, 5.74) is 0.587. The molecule has 0 saturated carbocycles.